The lowest BCUT2D eigenvalue weighted by Gasteiger charge is -2.10. The number of hydrogen-bond acceptors (Lipinski definition) is 0. The molecular weight excluding hydrogens is 359 g/mol. The maximum absolute atomic E-state index is 6.23. The van der Waals surface area contributed by atoms with Gasteiger partial charge in [0.1, 0.15) is 0 Å². The van der Waals surface area contributed by atoms with Gasteiger partial charge in [-0.15, -0.1) is 6.58 Å². The number of allylic oxidation sites excluding steroid dienone is 7. The Kier molecular flexibility index (Phi) is 15.4. The van der Waals surface area contributed by atoms with E-state index in [4.69, 9.17) is 23.2 Å². The molecule has 0 amide bonds. The number of halogens is 2. The van der Waals surface area contributed by atoms with Gasteiger partial charge in [0.25, 0.3) is 0 Å². The molecule has 2 heteroatoms. The fourth-order valence-electron chi connectivity index (χ4n) is 1.98. The van der Waals surface area contributed by atoms with Crippen LogP contribution in [-0.4, -0.2) is 0 Å². The predicted molar refractivity (Wildman–Crippen MR) is 124 cm³/mol. The fourth-order valence-corrected chi connectivity index (χ4v) is 2.27. The SMILES string of the molecule is C/C=C(/C=C(\CC)c1ccc(C)c(Cl)c1)C(\C)=C(/C)Cl.C=C(C)C.CC. The van der Waals surface area contributed by atoms with Crippen LogP contribution in [0.1, 0.15) is 72.9 Å². The average Bonchev–Trinajstić information content (AvgIpc) is 2.59. The molecule has 0 fully saturated rings. The molecule has 0 aliphatic rings. The first-order valence-electron chi connectivity index (χ1n) is 9.22. The van der Waals surface area contributed by atoms with Crippen molar-refractivity contribution in [1.82, 2.24) is 0 Å². The molecule has 0 heterocycles. The Morgan fingerprint density at radius 3 is 1.96 bits per heavy atom. The van der Waals surface area contributed by atoms with Crippen LogP contribution in [0.2, 0.25) is 5.02 Å². The summed E-state index contributed by atoms with van der Waals surface area (Å²) < 4.78 is 0. The molecule has 0 atom stereocenters. The van der Waals surface area contributed by atoms with Crippen LogP contribution in [0.15, 0.2) is 58.7 Å². The second-order valence-corrected chi connectivity index (χ2v) is 7.07. The summed E-state index contributed by atoms with van der Waals surface area (Å²) in [5, 5.41) is 1.64. The highest BCUT2D eigenvalue weighted by Gasteiger charge is 2.05. The van der Waals surface area contributed by atoms with Crippen LogP contribution in [0.4, 0.5) is 0 Å². The third-order valence-corrected chi connectivity index (χ3v) is 4.20. The van der Waals surface area contributed by atoms with E-state index >= 15 is 0 Å². The standard InChI is InChI=1S/C18H22Cl2.C4H8.C2H6/c1-6-15(13(4)14(5)19)10-16(7-2)17-9-8-12(3)18(20)11-17;1-4(2)3;1-2/h6,8-11H,7H2,1-5H3;1H2,2-3H3;1-2H3/b14-13+,15-6-,16-10+;;. The molecule has 0 nitrogen and oxygen atoms in total. The Labute approximate surface area is 172 Å². The van der Waals surface area contributed by atoms with Gasteiger partial charge in [-0.1, -0.05) is 73.8 Å². The van der Waals surface area contributed by atoms with Crippen LogP contribution in [0, 0.1) is 6.92 Å². The second kappa shape index (κ2) is 14.9. The molecule has 0 unspecified atom stereocenters. The van der Waals surface area contributed by atoms with Crippen LogP contribution in [0.25, 0.3) is 5.57 Å². The lowest BCUT2D eigenvalue weighted by molar-refractivity contribution is 1.23. The number of rotatable bonds is 4. The van der Waals surface area contributed by atoms with E-state index in [0.29, 0.717) is 0 Å². The molecule has 0 saturated carbocycles. The first kappa shape index (κ1) is 27.0. The minimum atomic E-state index is 0.810. The zero-order chi connectivity index (χ0) is 20.9. The Bertz CT molecular complexity index is 651. The molecular formula is C24H36Cl2. The number of benzene rings is 1. The molecule has 0 radical (unpaired) electrons. The van der Waals surface area contributed by atoms with Gasteiger partial charge in [0.05, 0.1) is 0 Å². The highest BCUT2D eigenvalue weighted by Crippen LogP contribution is 2.27. The Hall–Kier alpha value is -1.24. The van der Waals surface area contributed by atoms with Gasteiger partial charge in [-0.25, -0.2) is 0 Å². The maximum atomic E-state index is 6.23. The van der Waals surface area contributed by atoms with Crippen molar-refractivity contribution in [2.24, 2.45) is 0 Å². The molecule has 0 aliphatic carbocycles. The Morgan fingerprint density at radius 2 is 1.62 bits per heavy atom. The minimum Gasteiger partial charge on any atom is -0.100 e. The molecule has 146 valence electrons. The van der Waals surface area contributed by atoms with E-state index in [0.717, 1.165) is 33.2 Å². The third-order valence-electron chi connectivity index (χ3n) is 3.51. The third kappa shape index (κ3) is 10.7. The molecule has 0 saturated heterocycles. The maximum Gasteiger partial charge on any atom is 0.0441 e. The molecule has 0 aliphatic heterocycles. The van der Waals surface area contributed by atoms with Gasteiger partial charge in [-0.05, 0) is 81.9 Å². The Balaban J connectivity index is 0. The van der Waals surface area contributed by atoms with E-state index in [1.54, 1.807) is 0 Å². The highest BCUT2D eigenvalue weighted by molar-refractivity contribution is 6.31. The normalized spacial score (nSPS) is 12.3. The summed E-state index contributed by atoms with van der Waals surface area (Å²) in [5.74, 6) is 0. The summed E-state index contributed by atoms with van der Waals surface area (Å²) in [6.07, 6.45) is 5.24. The quantitative estimate of drug-likeness (QED) is 0.352. The fraction of sp³-hybridized carbons (Fsp3) is 0.417. The first-order chi connectivity index (χ1) is 12.1. The number of hydrogen-bond donors (Lipinski definition) is 0. The molecule has 1 aromatic rings. The predicted octanol–water partition coefficient (Wildman–Crippen LogP) is 9.53. The van der Waals surface area contributed by atoms with E-state index in [9.17, 15) is 0 Å². The van der Waals surface area contributed by atoms with Gasteiger partial charge in [0.2, 0.25) is 0 Å². The van der Waals surface area contributed by atoms with Gasteiger partial charge in [-0.2, -0.15) is 0 Å². The van der Waals surface area contributed by atoms with E-state index in [1.807, 2.05) is 61.5 Å². The lowest BCUT2D eigenvalue weighted by Crippen LogP contribution is -1.89. The smallest absolute Gasteiger partial charge is 0.0441 e. The molecule has 26 heavy (non-hydrogen) atoms. The van der Waals surface area contributed by atoms with E-state index in [2.05, 4.69) is 37.8 Å². The monoisotopic (exact) mass is 394 g/mol. The molecule has 0 bridgehead atoms. The van der Waals surface area contributed by atoms with Crippen molar-refractivity contribution in [1.29, 1.82) is 0 Å². The summed E-state index contributed by atoms with van der Waals surface area (Å²) in [6, 6.07) is 6.22. The van der Waals surface area contributed by atoms with Crippen molar-refractivity contribution in [3.8, 4) is 0 Å². The van der Waals surface area contributed by atoms with Crippen molar-refractivity contribution in [2.45, 2.75) is 68.7 Å². The first-order valence-corrected chi connectivity index (χ1v) is 9.98. The van der Waals surface area contributed by atoms with Crippen LogP contribution in [0.3, 0.4) is 0 Å². The van der Waals surface area contributed by atoms with Crippen LogP contribution < -0.4 is 0 Å². The molecule has 0 aromatic heterocycles. The van der Waals surface area contributed by atoms with E-state index in [-0.39, 0.29) is 0 Å². The summed E-state index contributed by atoms with van der Waals surface area (Å²) >= 11 is 12.3. The number of aryl methyl sites for hydroxylation is 1. The van der Waals surface area contributed by atoms with E-state index < -0.39 is 0 Å². The van der Waals surface area contributed by atoms with Gasteiger partial charge >= 0.3 is 0 Å². The van der Waals surface area contributed by atoms with Crippen molar-refractivity contribution in [2.75, 3.05) is 0 Å². The highest BCUT2D eigenvalue weighted by atomic mass is 35.5. The summed E-state index contributed by atoms with van der Waals surface area (Å²) in [5.41, 5.74) is 6.97. The van der Waals surface area contributed by atoms with Crippen molar-refractivity contribution >= 4 is 28.8 Å². The largest absolute Gasteiger partial charge is 0.100 e. The van der Waals surface area contributed by atoms with Crippen molar-refractivity contribution in [3.63, 3.8) is 0 Å². The van der Waals surface area contributed by atoms with Crippen molar-refractivity contribution < 1.29 is 0 Å². The van der Waals surface area contributed by atoms with Gasteiger partial charge < -0.3 is 0 Å². The zero-order valence-electron chi connectivity index (χ0n) is 18.1. The molecule has 1 rings (SSSR count). The Morgan fingerprint density at radius 1 is 1.12 bits per heavy atom. The molecule has 1 aromatic carbocycles. The average molecular weight is 395 g/mol. The minimum absolute atomic E-state index is 0.810. The summed E-state index contributed by atoms with van der Waals surface area (Å²) in [7, 11) is 0. The van der Waals surface area contributed by atoms with Crippen LogP contribution in [0.5, 0.6) is 0 Å². The van der Waals surface area contributed by atoms with Crippen LogP contribution in [-0.2, 0) is 0 Å². The van der Waals surface area contributed by atoms with Gasteiger partial charge in [0.15, 0.2) is 0 Å². The summed E-state index contributed by atoms with van der Waals surface area (Å²) in [6.45, 7) is 21.7. The van der Waals surface area contributed by atoms with Crippen molar-refractivity contribution in [3.05, 3.63) is 74.8 Å². The second-order valence-electron chi connectivity index (χ2n) is 6.10. The zero-order valence-corrected chi connectivity index (χ0v) is 19.6. The van der Waals surface area contributed by atoms with E-state index in [1.165, 1.54) is 16.7 Å². The summed E-state index contributed by atoms with van der Waals surface area (Å²) in [4.78, 5) is 0. The van der Waals surface area contributed by atoms with Crippen LogP contribution >= 0.6 is 23.2 Å². The van der Waals surface area contributed by atoms with Gasteiger partial charge in [-0.3, -0.25) is 0 Å². The van der Waals surface area contributed by atoms with Gasteiger partial charge in [0, 0.05) is 10.1 Å². The molecule has 0 N–H and O–H groups in total. The molecule has 0 spiro atoms. The topological polar surface area (TPSA) is 0 Å². The lowest BCUT2D eigenvalue weighted by atomic mass is 9.97.